The molecule has 10 heteroatoms. The van der Waals surface area contributed by atoms with Gasteiger partial charge in [0, 0.05) is 16.7 Å². The third-order valence-corrected chi connectivity index (χ3v) is 4.84. The van der Waals surface area contributed by atoms with Crippen LogP contribution in [-0.2, 0) is 11.3 Å². The molecule has 4 N–H and O–H groups in total. The Morgan fingerprint density at radius 3 is 2.59 bits per heavy atom. The number of halogens is 2. The fourth-order valence-corrected chi connectivity index (χ4v) is 3.13. The minimum absolute atomic E-state index is 0.0331. The van der Waals surface area contributed by atoms with Crippen LogP contribution in [0, 0.1) is 13.8 Å². The molecular weight excluding hydrogens is 415 g/mol. The molecule has 2 heterocycles. The zero-order valence-electron chi connectivity index (χ0n) is 15.7. The monoisotopic (exact) mass is 432 g/mol. The van der Waals surface area contributed by atoms with E-state index in [-0.39, 0.29) is 11.4 Å². The second-order valence-electron chi connectivity index (χ2n) is 6.33. The van der Waals surface area contributed by atoms with Gasteiger partial charge in [0.1, 0.15) is 5.15 Å². The van der Waals surface area contributed by atoms with Crippen LogP contribution >= 0.6 is 23.2 Å². The summed E-state index contributed by atoms with van der Waals surface area (Å²) >= 11 is 12.4. The van der Waals surface area contributed by atoms with Crippen LogP contribution in [0.15, 0.2) is 30.3 Å². The maximum Gasteiger partial charge on any atom is 0.271 e. The summed E-state index contributed by atoms with van der Waals surface area (Å²) in [6, 6.07) is 7.37. The van der Waals surface area contributed by atoms with Gasteiger partial charge in [0.25, 0.3) is 5.91 Å². The number of carbonyl (C=O) groups excluding carboxylic acids is 2. The Bertz CT molecular complexity index is 1100. The molecule has 0 spiro atoms. The smallest absolute Gasteiger partial charge is 0.271 e. The van der Waals surface area contributed by atoms with Crippen molar-refractivity contribution in [2.45, 2.75) is 20.4 Å². The maximum atomic E-state index is 12.3. The van der Waals surface area contributed by atoms with Gasteiger partial charge < -0.3 is 11.1 Å². The third kappa shape index (κ3) is 4.67. The number of hydrogen-bond donors (Lipinski definition) is 3. The summed E-state index contributed by atoms with van der Waals surface area (Å²) in [5.74, 6) is -1.20. The highest BCUT2D eigenvalue weighted by atomic mass is 35.5. The van der Waals surface area contributed by atoms with E-state index < -0.39 is 11.8 Å². The largest absolute Gasteiger partial charge is 0.364 e. The van der Waals surface area contributed by atoms with Crippen LogP contribution in [0.1, 0.15) is 33.0 Å². The van der Waals surface area contributed by atoms with Crippen molar-refractivity contribution in [3.63, 3.8) is 0 Å². The van der Waals surface area contributed by atoms with Crippen molar-refractivity contribution in [1.82, 2.24) is 20.0 Å². The lowest BCUT2D eigenvalue weighted by molar-refractivity contribution is -0.111. The molecule has 3 rings (SSSR count). The van der Waals surface area contributed by atoms with E-state index in [0.717, 1.165) is 5.56 Å². The molecular formula is C19H18Cl2N6O2. The number of amides is 2. The molecule has 3 aromatic rings. The zero-order valence-corrected chi connectivity index (χ0v) is 17.2. The number of benzene rings is 1. The minimum Gasteiger partial charge on any atom is -0.364 e. The van der Waals surface area contributed by atoms with E-state index in [2.05, 4.69) is 20.6 Å². The van der Waals surface area contributed by atoms with Gasteiger partial charge >= 0.3 is 0 Å². The molecule has 29 heavy (non-hydrogen) atoms. The van der Waals surface area contributed by atoms with E-state index in [1.165, 1.54) is 6.08 Å². The van der Waals surface area contributed by atoms with Crippen LogP contribution < -0.4 is 11.1 Å². The summed E-state index contributed by atoms with van der Waals surface area (Å²) in [6.45, 7) is 3.93. The molecule has 0 aliphatic carbocycles. The second kappa shape index (κ2) is 8.50. The number of aromatic nitrogens is 4. The number of nitrogens with zero attached hydrogens (tertiary/aromatic N) is 3. The first-order chi connectivity index (χ1) is 13.8. The normalized spacial score (nSPS) is 11.2. The highest BCUT2D eigenvalue weighted by molar-refractivity contribution is 6.31. The molecule has 0 atom stereocenters. The van der Waals surface area contributed by atoms with E-state index in [1.807, 2.05) is 12.1 Å². The van der Waals surface area contributed by atoms with Gasteiger partial charge in [-0.05, 0) is 37.6 Å². The number of H-pyrrole nitrogens is 1. The molecule has 150 valence electrons. The van der Waals surface area contributed by atoms with Crippen molar-refractivity contribution in [3.8, 4) is 0 Å². The number of nitrogens with two attached hydrogens (primary N) is 1. The first kappa shape index (κ1) is 20.6. The van der Waals surface area contributed by atoms with E-state index in [0.29, 0.717) is 33.7 Å². The Morgan fingerprint density at radius 1 is 1.24 bits per heavy atom. The predicted octanol–water partition coefficient (Wildman–Crippen LogP) is 3.33. The summed E-state index contributed by atoms with van der Waals surface area (Å²) in [5.41, 5.74) is 8.27. The summed E-state index contributed by atoms with van der Waals surface area (Å²) in [7, 11) is 0. The van der Waals surface area contributed by atoms with Crippen molar-refractivity contribution in [2.24, 2.45) is 5.73 Å². The minimum atomic E-state index is -0.740. The maximum absolute atomic E-state index is 12.3. The third-order valence-electron chi connectivity index (χ3n) is 4.19. The molecule has 0 aliphatic heterocycles. The number of carbonyl (C=O) groups is 2. The Balaban J connectivity index is 1.76. The van der Waals surface area contributed by atoms with Crippen LogP contribution in [0.3, 0.4) is 0 Å². The average molecular weight is 433 g/mol. The van der Waals surface area contributed by atoms with E-state index in [1.54, 1.807) is 36.7 Å². The summed E-state index contributed by atoms with van der Waals surface area (Å²) in [6.07, 6.45) is 2.87. The lowest BCUT2D eigenvalue weighted by atomic mass is 10.2. The number of rotatable bonds is 6. The molecule has 8 nitrogen and oxygen atoms in total. The fraction of sp³-hybridized carbons (Fsp3) is 0.158. The topological polar surface area (TPSA) is 119 Å². The molecule has 0 bridgehead atoms. The number of nitrogens with one attached hydrogen (secondary N) is 2. The lowest BCUT2D eigenvalue weighted by Crippen LogP contribution is -2.16. The highest BCUT2D eigenvalue weighted by Gasteiger charge is 2.17. The summed E-state index contributed by atoms with van der Waals surface area (Å²) in [5, 5.41) is 14.5. The van der Waals surface area contributed by atoms with Gasteiger partial charge in [-0.1, -0.05) is 35.3 Å². The molecule has 0 radical (unpaired) electrons. The van der Waals surface area contributed by atoms with Gasteiger partial charge in [0.15, 0.2) is 5.69 Å². The highest BCUT2D eigenvalue weighted by Crippen LogP contribution is 2.23. The SMILES string of the molecule is Cc1nn(Cc2ccc(Cl)cc2)c(Cl)c1/C=C/C(=O)Nc1c(C(N)=O)n[nH]c1C. The van der Waals surface area contributed by atoms with E-state index >= 15 is 0 Å². The number of anilines is 1. The molecule has 0 fully saturated rings. The Kier molecular flexibility index (Phi) is 6.05. The lowest BCUT2D eigenvalue weighted by Gasteiger charge is -2.04. The van der Waals surface area contributed by atoms with Crippen molar-refractivity contribution in [2.75, 3.05) is 5.32 Å². The predicted molar refractivity (Wildman–Crippen MR) is 112 cm³/mol. The van der Waals surface area contributed by atoms with E-state index in [9.17, 15) is 9.59 Å². The van der Waals surface area contributed by atoms with Crippen molar-refractivity contribution in [3.05, 3.63) is 68.7 Å². The fourth-order valence-electron chi connectivity index (χ4n) is 2.71. The molecule has 2 amide bonds. The molecule has 1 aromatic carbocycles. The first-order valence-corrected chi connectivity index (χ1v) is 9.33. The first-order valence-electron chi connectivity index (χ1n) is 8.57. The Morgan fingerprint density at radius 2 is 1.93 bits per heavy atom. The molecule has 0 unspecified atom stereocenters. The van der Waals surface area contributed by atoms with Gasteiger partial charge in [-0.2, -0.15) is 10.2 Å². The summed E-state index contributed by atoms with van der Waals surface area (Å²) < 4.78 is 1.64. The molecule has 2 aromatic heterocycles. The van der Waals surface area contributed by atoms with Gasteiger partial charge in [-0.15, -0.1) is 0 Å². The molecule has 0 saturated carbocycles. The quantitative estimate of drug-likeness (QED) is 0.517. The number of primary amides is 1. The van der Waals surface area contributed by atoms with Gasteiger partial charge in [-0.3, -0.25) is 14.7 Å². The van der Waals surface area contributed by atoms with Gasteiger partial charge in [0.2, 0.25) is 5.91 Å². The standard InChI is InChI=1S/C19H18Cl2N6O2/c1-10-14(18(21)27(26-10)9-12-3-5-13(20)6-4-12)7-8-15(28)23-16-11(2)24-25-17(16)19(22)29/h3-8H,9H2,1-2H3,(H2,22,29)(H,23,28)(H,24,25)/b8-7+. The van der Waals surface area contributed by atoms with Crippen LogP contribution in [0.4, 0.5) is 5.69 Å². The molecule has 0 aliphatic rings. The summed E-state index contributed by atoms with van der Waals surface area (Å²) in [4.78, 5) is 23.7. The van der Waals surface area contributed by atoms with Crippen molar-refractivity contribution in [1.29, 1.82) is 0 Å². The van der Waals surface area contributed by atoms with Crippen LogP contribution in [-0.4, -0.2) is 31.8 Å². The Hall–Kier alpha value is -3.10. The molecule has 0 saturated heterocycles. The zero-order chi connectivity index (χ0) is 21.1. The van der Waals surface area contributed by atoms with Gasteiger partial charge in [0.05, 0.1) is 23.6 Å². The van der Waals surface area contributed by atoms with E-state index in [4.69, 9.17) is 28.9 Å². The van der Waals surface area contributed by atoms with Crippen LogP contribution in [0.25, 0.3) is 6.08 Å². The Labute approximate surface area is 176 Å². The number of aryl methyl sites for hydroxylation is 2. The number of hydrogen-bond acceptors (Lipinski definition) is 4. The average Bonchev–Trinajstić information content (AvgIpc) is 3.15. The second-order valence-corrected chi connectivity index (χ2v) is 7.13. The van der Waals surface area contributed by atoms with Crippen LogP contribution in [0.5, 0.6) is 0 Å². The van der Waals surface area contributed by atoms with Crippen molar-refractivity contribution >= 4 is 46.8 Å². The van der Waals surface area contributed by atoms with Gasteiger partial charge in [-0.25, -0.2) is 4.68 Å². The number of aromatic amines is 1. The van der Waals surface area contributed by atoms with Crippen molar-refractivity contribution < 1.29 is 9.59 Å². The van der Waals surface area contributed by atoms with Crippen LogP contribution in [0.2, 0.25) is 10.2 Å².